The van der Waals surface area contributed by atoms with Gasteiger partial charge in [-0.15, -0.1) is 0 Å². The second-order valence-corrected chi connectivity index (χ2v) is 7.94. The van der Waals surface area contributed by atoms with E-state index in [1.807, 2.05) is 0 Å². The second kappa shape index (κ2) is 9.72. The Labute approximate surface area is 202 Å². The molecule has 3 aromatic rings. The van der Waals surface area contributed by atoms with Crippen LogP contribution in [-0.4, -0.2) is 87.3 Å². The summed E-state index contributed by atoms with van der Waals surface area (Å²) < 4.78 is 27.1. The van der Waals surface area contributed by atoms with Crippen molar-refractivity contribution in [1.82, 2.24) is 0 Å². The molecule has 1 aromatic heterocycles. The smallest absolute Gasteiger partial charge is 0.239 e. The fourth-order valence-corrected chi connectivity index (χ4v) is 3.87. The number of hydrogen-bond acceptors (Lipinski definition) is 13. The number of phenols is 3. The normalized spacial score (nSPS) is 24.0. The fraction of sp³-hybridized carbons (Fsp3) is 0.348. The molecule has 1 aliphatic heterocycles. The largest absolute Gasteiger partial charge is 0.504 e. The molecule has 1 saturated heterocycles. The van der Waals surface area contributed by atoms with E-state index in [9.17, 15) is 40.5 Å². The van der Waals surface area contributed by atoms with E-state index in [-0.39, 0.29) is 33.8 Å². The monoisotopic (exact) mass is 508 g/mol. The van der Waals surface area contributed by atoms with Gasteiger partial charge in [-0.1, -0.05) is 0 Å². The van der Waals surface area contributed by atoms with Crippen molar-refractivity contribution >= 4 is 11.0 Å². The molecule has 2 heterocycles. The lowest BCUT2D eigenvalue weighted by molar-refractivity contribution is -0.277. The average molecular weight is 508 g/mol. The van der Waals surface area contributed by atoms with Crippen LogP contribution >= 0.6 is 0 Å². The number of hydrogen-bond donors (Lipinski definition) is 7. The Balaban J connectivity index is 1.96. The zero-order chi connectivity index (χ0) is 26.3. The van der Waals surface area contributed by atoms with E-state index >= 15 is 0 Å². The molecule has 13 heteroatoms. The minimum absolute atomic E-state index is 0.0350. The molecule has 1 aliphatic rings. The van der Waals surface area contributed by atoms with Crippen LogP contribution in [0.25, 0.3) is 22.3 Å². The molecule has 0 amide bonds. The van der Waals surface area contributed by atoms with Gasteiger partial charge in [0, 0.05) is 11.6 Å². The van der Waals surface area contributed by atoms with E-state index in [0.29, 0.717) is 0 Å². The number of methoxy groups -OCH3 is 2. The van der Waals surface area contributed by atoms with Crippen molar-refractivity contribution in [2.75, 3.05) is 20.8 Å². The van der Waals surface area contributed by atoms with Crippen molar-refractivity contribution in [3.05, 3.63) is 34.5 Å². The zero-order valence-corrected chi connectivity index (χ0v) is 19.0. The number of aliphatic hydroxyl groups excluding tert-OH is 4. The minimum Gasteiger partial charge on any atom is -0.504 e. The van der Waals surface area contributed by atoms with E-state index in [0.717, 1.165) is 12.1 Å². The molecule has 0 unspecified atom stereocenters. The van der Waals surface area contributed by atoms with Crippen LogP contribution in [0, 0.1) is 0 Å². The topological polar surface area (TPSA) is 209 Å². The highest BCUT2D eigenvalue weighted by atomic mass is 16.7. The Morgan fingerprint density at radius 3 is 2.25 bits per heavy atom. The third-order valence-corrected chi connectivity index (χ3v) is 5.78. The number of rotatable bonds is 6. The van der Waals surface area contributed by atoms with Gasteiger partial charge in [0.25, 0.3) is 0 Å². The Hall–Kier alpha value is -3.75. The van der Waals surface area contributed by atoms with Gasteiger partial charge in [0.05, 0.1) is 20.8 Å². The molecule has 0 radical (unpaired) electrons. The van der Waals surface area contributed by atoms with Crippen molar-refractivity contribution in [3.8, 4) is 45.8 Å². The van der Waals surface area contributed by atoms with E-state index in [2.05, 4.69) is 0 Å². The SMILES string of the molecule is COc1cc2oc(-c3ccc(O)c(O)c3)c(O[C@@H]3O[C@H](CO)[C@@H](O)[C@H](O)[C@H]3O)c(=O)c2c(O)c1OC. The molecular formula is C23H24O13. The Kier molecular flexibility index (Phi) is 6.84. The molecule has 0 spiro atoms. The van der Waals surface area contributed by atoms with Gasteiger partial charge in [-0.3, -0.25) is 4.79 Å². The average Bonchev–Trinajstić information content (AvgIpc) is 2.86. The molecule has 194 valence electrons. The second-order valence-electron chi connectivity index (χ2n) is 7.94. The molecule has 4 rings (SSSR count). The highest BCUT2D eigenvalue weighted by molar-refractivity contribution is 5.91. The van der Waals surface area contributed by atoms with Gasteiger partial charge in [-0.2, -0.15) is 0 Å². The van der Waals surface area contributed by atoms with Crippen LogP contribution in [0.5, 0.6) is 34.5 Å². The quantitative estimate of drug-likeness (QED) is 0.215. The molecule has 1 fully saturated rings. The molecule has 13 nitrogen and oxygen atoms in total. The van der Waals surface area contributed by atoms with Crippen LogP contribution in [-0.2, 0) is 4.74 Å². The maximum Gasteiger partial charge on any atom is 0.239 e. The van der Waals surface area contributed by atoms with Crippen molar-refractivity contribution in [2.24, 2.45) is 0 Å². The standard InChI is InChI=1S/C23H24O13/c1-32-12-6-11-14(16(28)21(12)33-2)17(29)22(20(34-11)8-3-4-9(25)10(26)5-8)36-23-19(31)18(30)15(27)13(7-24)35-23/h3-6,13,15,18-19,23-28,30-31H,7H2,1-2H3/t13-,15-,18+,19-,23+/m1/s1. The summed E-state index contributed by atoms with van der Waals surface area (Å²) in [5.41, 5.74) is -1.09. The van der Waals surface area contributed by atoms with E-state index in [4.69, 9.17) is 23.4 Å². The van der Waals surface area contributed by atoms with Crippen molar-refractivity contribution in [2.45, 2.75) is 30.7 Å². The van der Waals surface area contributed by atoms with Gasteiger partial charge < -0.3 is 59.1 Å². The number of ether oxygens (including phenoxy) is 4. The van der Waals surface area contributed by atoms with Gasteiger partial charge in [-0.25, -0.2) is 0 Å². The van der Waals surface area contributed by atoms with Crippen LogP contribution in [0.3, 0.4) is 0 Å². The molecule has 0 bridgehead atoms. The first kappa shape index (κ1) is 25.3. The molecular weight excluding hydrogens is 484 g/mol. The lowest BCUT2D eigenvalue weighted by atomic mass is 9.99. The molecule has 0 aliphatic carbocycles. The summed E-state index contributed by atoms with van der Waals surface area (Å²) in [6.07, 6.45) is -8.44. The summed E-state index contributed by atoms with van der Waals surface area (Å²) in [5.74, 6) is -2.73. The first-order chi connectivity index (χ1) is 17.1. The zero-order valence-electron chi connectivity index (χ0n) is 19.0. The van der Waals surface area contributed by atoms with Crippen LogP contribution in [0.4, 0.5) is 0 Å². The Morgan fingerprint density at radius 1 is 0.917 bits per heavy atom. The number of fused-ring (bicyclic) bond motifs is 1. The van der Waals surface area contributed by atoms with E-state index < -0.39 is 65.7 Å². The molecule has 7 N–H and O–H groups in total. The molecule has 0 saturated carbocycles. The third kappa shape index (κ3) is 4.12. The van der Waals surface area contributed by atoms with Crippen molar-refractivity contribution < 1.29 is 59.1 Å². The van der Waals surface area contributed by atoms with Gasteiger partial charge in [0.1, 0.15) is 35.4 Å². The summed E-state index contributed by atoms with van der Waals surface area (Å²) >= 11 is 0. The lowest BCUT2D eigenvalue weighted by Crippen LogP contribution is -2.60. The summed E-state index contributed by atoms with van der Waals surface area (Å²) in [6, 6.07) is 4.76. The fourth-order valence-electron chi connectivity index (χ4n) is 3.87. The maximum absolute atomic E-state index is 13.6. The highest BCUT2D eigenvalue weighted by Gasteiger charge is 2.45. The van der Waals surface area contributed by atoms with Crippen LogP contribution in [0.2, 0.25) is 0 Å². The number of phenolic OH excluding ortho intramolecular Hbond substituents is 3. The van der Waals surface area contributed by atoms with Crippen LogP contribution in [0.15, 0.2) is 33.5 Å². The first-order valence-electron chi connectivity index (χ1n) is 10.6. The first-order valence-corrected chi connectivity index (χ1v) is 10.6. The predicted molar refractivity (Wildman–Crippen MR) is 120 cm³/mol. The van der Waals surface area contributed by atoms with Crippen molar-refractivity contribution in [1.29, 1.82) is 0 Å². The van der Waals surface area contributed by atoms with Gasteiger partial charge in [-0.05, 0) is 18.2 Å². The summed E-state index contributed by atoms with van der Waals surface area (Å²) in [7, 11) is 2.54. The van der Waals surface area contributed by atoms with Crippen molar-refractivity contribution in [3.63, 3.8) is 0 Å². The predicted octanol–water partition coefficient (Wildman–Crippen LogP) is -0.227. The Bertz CT molecular complexity index is 1330. The molecule has 2 aromatic carbocycles. The summed E-state index contributed by atoms with van der Waals surface area (Å²) in [5, 5.41) is 70.0. The lowest BCUT2D eigenvalue weighted by Gasteiger charge is -2.39. The molecule has 5 atom stereocenters. The number of aromatic hydroxyl groups is 3. The maximum atomic E-state index is 13.6. The van der Waals surface area contributed by atoms with E-state index in [1.54, 1.807) is 0 Å². The number of benzene rings is 2. The van der Waals surface area contributed by atoms with Crippen LogP contribution in [0.1, 0.15) is 0 Å². The third-order valence-electron chi connectivity index (χ3n) is 5.78. The van der Waals surface area contributed by atoms with Gasteiger partial charge >= 0.3 is 0 Å². The highest BCUT2D eigenvalue weighted by Crippen LogP contribution is 2.44. The molecule has 36 heavy (non-hydrogen) atoms. The summed E-state index contributed by atoms with van der Waals surface area (Å²) in [4.78, 5) is 13.6. The summed E-state index contributed by atoms with van der Waals surface area (Å²) in [6.45, 7) is -0.742. The number of aliphatic hydroxyl groups is 4. The van der Waals surface area contributed by atoms with E-state index in [1.165, 1.54) is 26.4 Å². The van der Waals surface area contributed by atoms with Crippen LogP contribution < -0.4 is 19.6 Å². The minimum atomic E-state index is -1.86. The van der Waals surface area contributed by atoms with Gasteiger partial charge in [0.15, 0.2) is 28.8 Å². The van der Waals surface area contributed by atoms with Gasteiger partial charge in [0.2, 0.25) is 23.2 Å². The Morgan fingerprint density at radius 2 is 1.64 bits per heavy atom.